The predicted octanol–water partition coefficient (Wildman–Crippen LogP) is 9.86. The van der Waals surface area contributed by atoms with Gasteiger partial charge in [0.25, 0.3) is 0 Å². The lowest BCUT2D eigenvalue weighted by Gasteiger charge is -2.22. The van der Waals surface area contributed by atoms with E-state index in [1.807, 2.05) is 0 Å². The Kier molecular flexibility index (Phi) is 30.4. The van der Waals surface area contributed by atoms with Gasteiger partial charge in [0.15, 0.2) is 0 Å². The van der Waals surface area contributed by atoms with Crippen LogP contribution >= 0.6 is 0 Å². The zero-order valence-corrected chi connectivity index (χ0v) is 26.3. The highest BCUT2D eigenvalue weighted by Crippen LogP contribution is 2.19. The third-order valence-electron chi connectivity index (χ3n) is 7.97. The average Bonchev–Trinajstić information content (AvgIpc) is 2.92. The van der Waals surface area contributed by atoms with E-state index in [9.17, 15) is 4.79 Å². The fraction of sp³-hybridized carbons (Fsp3) is 0.971. The maximum Gasteiger partial charge on any atom is 0.308 e. The van der Waals surface area contributed by atoms with Gasteiger partial charge in [-0.1, -0.05) is 130 Å². The number of hydrogen-bond donors (Lipinski definition) is 1. The van der Waals surface area contributed by atoms with Crippen molar-refractivity contribution in [1.82, 2.24) is 4.90 Å². The maximum atomic E-state index is 12.6. The molecule has 0 aliphatic carbocycles. The number of esters is 1. The minimum atomic E-state index is 0.0648. The molecule has 1 atom stereocenters. The molecule has 0 aromatic rings. The fourth-order valence-corrected chi connectivity index (χ4v) is 5.34. The topological polar surface area (TPSA) is 49.8 Å². The molecule has 0 bridgehead atoms. The van der Waals surface area contributed by atoms with Crippen LogP contribution in [-0.2, 0) is 9.53 Å². The van der Waals surface area contributed by atoms with Gasteiger partial charge in [0.1, 0.15) is 0 Å². The molecule has 0 heterocycles. The van der Waals surface area contributed by atoms with Crippen LogP contribution in [0, 0.1) is 5.92 Å². The first kappa shape index (κ1) is 37.4. The predicted molar refractivity (Wildman–Crippen MR) is 166 cm³/mol. The second-order valence-electron chi connectivity index (χ2n) is 11.7. The highest BCUT2D eigenvalue weighted by Gasteiger charge is 2.18. The van der Waals surface area contributed by atoms with Gasteiger partial charge in [-0.15, -0.1) is 0 Å². The molecule has 0 aromatic carbocycles. The SMILES string of the molecule is CCCCCCCCCN(CCCCO)CCCCCCCCCOC(=O)C(CCCC)CCCCCC. The van der Waals surface area contributed by atoms with Crippen LogP contribution < -0.4 is 0 Å². The van der Waals surface area contributed by atoms with Crippen molar-refractivity contribution in [2.45, 2.75) is 175 Å². The normalized spacial score (nSPS) is 12.3. The van der Waals surface area contributed by atoms with Gasteiger partial charge in [-0.2, -0.15) is 0 Å². The number of aliphatic hydroxyl groups excluding tert-OH is 1. The molecule has 38 heavy (non-hydrogen) atoms. The molecule has 0 saturated carbocycles. The summed E-state index contributed by atoms with van der Waals surface area (Å²) in [6.45, 7) is 11.2. The molecule has 0 fully saturated rings. The number of unbranched alkanes of at least 4 members (excludes halogenated alkanes) is 17. The van der Waals surface area contributed by atoms with Crippen LogP contribution in [-0.4, -0.2) is 48.8 Å². The smallest absolute Gasteiger partial charge is 0.308 e. The molecule has 1 N–H and O–H groups in total. The lowest BCUT2D eigenvalue weighted by molar-refractivity contribution is -0.149. The number of carbonyl (C=O) groups excluding carboxylic acids is 1. The molecule has 228 valence electrons. The Bertz CT molecular complexity index is 471. The van der Waals surface area contributed by atoms with Crippen molar-refractivity contribution in [2.24, 2.45) is 5.92 Å². The molecule has 0 amide bonds. The Labute approximate surface area is 239 Å². The third-order valence-corrected chi connectivity index (χ3v) is 7.97. The fourth-order valence-electron chi connectivity index (χ4n) is 5.34. The van der Waals surface area contributed by atoms with Crippen molar-refractivity contribution in [3.05, 3.63) is 0 Å². The monoisotopic (exact) mass is 540 g/mol. The van der Waals surface area contributed by atoms with Gasteiger partial charge in [0.05, 0.1) is 12.5 Å². The van der Waals surface area contributed by atoms with Crippen molar-refractivity contribution in [2.75, 3.05) is 32.8 Å². The number of nitrogens with zero attached hydrogens (tertiary/aromatic N) is 1. The Morgan fingerprint density at radius 1 is 0.553 bits per heavy atom. The van der Waals surface area contributed by atoms with Crippen molar-refractivity contribution in [1.29, 1.82) is 0 Å². The van der Waals surface area contributed by atoms with E-state index in [1.54, 1.807) is 0 Å². The summed E-state index contributed by atoms with van der Waals surface area (Å²) in [5, 5.41) is 9.13. The summed E-state index contributed by atoms with van der Waals surface area (Å²) in [5.41, 5.74) is 0. The van der Waals surface area contributed by atoms with Crippen LogP contribution in [0.3, 0.4) is 0 Å². The van der Waals surface area contributed by atoms with E-state index in [0.29, 0.717) is 13.2 Å². The quantitative estimate of drug-likeness (QED) is 0.0703. The van der Waals surface area contributed by atoms with Gasteiger partial charge in [0.2, 0.25) is 0 Å². The van der Waals surface area contributed by atoms with E-state index in [1.165, 1.54) is 116 Å². The van der Waals surface area contributed by atoms with E-state index in [4.69, 9.17) is 9.84 Å². The van der Waals surface area contributed by atoms with Gasteiger partial charge in [-0.25, -0.2) is 0 Å². The molecule has 0 aliphatic heterocycles. The highest BCUT2D eigenvalue weighted by molar-refractivity contribution is 5.72. The molecule has 1 unspecified atom stereocenters. The van der Waals surface area contributed by atoms with Crippen molar-refractivity contribution >= 4 is 5.97 Å². The summed E-state index contributed by atoms with van der Waals surface area (Å²) in [6.07, 6.45) is 29.6. The minimum Gasteiger partial charge on any atom is -0.465 e. The van der Waals surface area contributed by atoms with Gasteiger partial charge in [0, 0.05) is 6.61 Å². The second-order valence-corrected chi connectivity index (χ2v) is 11.7. The average molecular weight is 540 g/mol. The molecule has 0 saturated heterocycles. The summed E-state index contributed by atoms with van der Waals surface area (Å²) in [4.78, 5) is 15.2. The van der Waals surface area contributed by atoms with Crippen LogP contribution in [0.1, 0.15) is 175 Å². The molecule has 0 radical (unpaired) electrons. The molecule has 4 heteroatoms. The molecule has 0 spiro atoms. The Hall–Kier alpha value is -0.610. The van der Waals surface area contributed by atoms with E-state index in [0.717, 1.165) is 57.9 Å². The first-order chi connectivity index (χ1) is 18.7. The van der Waals surface area contributed by atoms with Gasteiger partial charge in [-0.05, 0) is 64.6 Å². The van der Waals surface area contributed by atoms with Crippen LogP contribution in [0.2, 0.25) is 0 Å². The van der Waals surface area contributed by atoms with Crippen molar-refractivity contribution in [3.63, 3.8) is 0 Å². The Balaban J connectivity index is 3.85. The lowest BCUT2D eigenvalue weighted by atomic mass is 9.95. The Morgan fingerprint density at radius 3 is 1.50 bits per heavy atom. The molecule has 0 aliphatic rings. The zero-order chi connectivity index (χ0) is 27.9. The van der Waals surface area contributed by atoms with E-state index in [2.05, 4.69) is 25.7 Å². The summed E-state index contributed by atoms with van der Waals surface area (Å²) < 4.78 is 5.67. The van der Waals surface area contributed by atoms with Crippen molar-refractivity contribution < 1.29 is 14.6 Å². The minimum absolute atomic E-state index is 0.0648. The van der Waals surface area contributed by atoms with Gasteiger partial charge < -0.3 is 14.7 Å². The van der Waals surface area contributed by atoms with Gasteiger partial charge in [-0.3, -0.25) is 4.79 Å². The summed E-state index contributed by atoms with van der Waals surface area (Å²) in [5.74, 6) is 0.191. The molecule has 0 aromatic heterocycles. The summed E-state index contributed by atoms with van der Waals surface area (Å²) in [7, 11) is 0. The molecular weight excluding hydrogens is 470 g/mol. The standard InChI is InChI=1S/C34H69NO3/c1-4-7-10-12-14-17-21-28-35(30-23-24-31-36)29-22-18-15-13-16-19-25-32-38-34(37)33(26-9-6-3)27-20-11-8-5-2/h33,36H,4-32H2,1-3H3. The van der Waals surface area contributed by atoms with Crippen LogP contribution in [0.4, 0.5) is 0 Å². The maximum absolute atomic E-state index is 12.6. The zero-order valence-electron chi connectivity index (χ0n) is 26.3. The van der Waals surface area contributed by atoms with Crippen LogP contribution in [0.25, 0.3) is 0 Å². The van der Waals surface area contributed by atoms with E-state index < -0.39 is 0 Å². The second kappa shape index (κ2) is 30.9. The largest absolute Gasteiger partial charge is 0.465 e. The lowest BCUT2D eigenvalue weighted by Crippen LogP contribution is -2.27. The van der Waals surface area contributed by atoms with Crippen LogP contribution in [0.5, 0.6) is 0 Å². The van der Waals surface area contributed by atoms with Crippen LogP contribution in [0.15, 0.2) is 0 Å². The number of carbonyl (C=O) groups is 1. The summed E-state index contributed by atoms with van der Waals surface area (Å²) in [6, 6.07) is 0. The highest BCUT2D eigenvalue weighted by atomic mass is 16.5. The number of hydrogen-bond acceptors (Lipinski definition) is 4. The number of aliphatic hydroxyl groups is 1. The van der Waals surface area contributed by atoms with E-state index in [-0.39, 0.29) is 11.9 Å². The third kappa shape index (κ3) is 25.7. The molecular formula is C34H69NO3. The number of ether oxygens (including phenoxy) is 1. The molecule has 4 nitrogen and oxygen atoms in total. The van der Waals surface area contributed by atoms with Gasteiger partial charge >= 0.3 is 5.97 Å². The molecule has 0 rings (SSSR count). The van der Waals surface area contributed by atoms with Crippen molar-refractivity contribution in [3.8, 4) is 0 Å². The first-order valence-corrected chi connectivity index (χ1v) is 17.2. The van der Waals surface area contributed by atoms with E-state index >= 15 is 0 Å². The number of rotatable bonds is 31. The first-order valence-electron chi connectivity index (χ1n) is 17.2. The summed E-state index contributed by atoms with van der Waals surface area (Å²) >= 11 is 0. The Morgan fingerprint density at radius 2 is 0.974 bits per heavy atom.